The molecule has 0 saturated carbocycles. The summed E-state index contributed by atoms with van der Waals surface area (Å²) in [5, 5.41) is 24.5. The van der Waals surface area contributed by atoms with Gasteiger partial charge in [-0.1, -0.05) is 39.0 Å². The zero-order valence-corrected chi connectivity index (χ0v) is 14.0. The van der Waals surface area contributed by atoms with E-state index in [1.807, 2.05) is 26.8 Å². The fraction of sp³-hybridized carbons (Fsp3) is 0.438. The Hall–Kier alpha value is -2.09. The van der Waals surface area contributed by atoms with Gasteiger partial charge in [0.1, 0.15) is 0 Å². The van der Waals surface area contributed by atoms with Crippen LogP contribution in [0, 0.1) is 10.8 Å². The molecular formula is C16H22N4O3. The summed E-state index contributed by atoms with van der Waals surface area (Å²) >= 11 is 0. The number of rotatable bonds is 4. The van der Waals surface area contributed by atoms with Gasteiger partial charge in [-0.25, -0.2) is 0 Å². The van der Waals surface area contributed by atoms with Crippen molar-refractivity contribution < 1.29 is 14.8 Å². The highest BCUT2D eigenvalue weighted by Crippen LogP contribution is 2.38. The monoisotopic (exact) mass is 318 g/mol. The van der Waals surface area contributed by atoms with Gasteiger partial charge in [0.05, 0.1) is 18.5 Å². The minimum absolute atomic E-state index is 0.0704. The van der Waals surface area contributed by atoms with Crippen LogP contribution in [0.5, 0.6) is 0 Å². The predicted octanol–water partition coefficient (Wildman–Crippen LogP) is 2.47. The lowest BCUT2D eigenvalue weighted by molar-refractivity contribution is -0.342. The Labute approximate surface area is 135 Å². The van der Waals surface area contributed by atoms with Crippen LogP contribution in [-0.4, -0.2) is 40.4 Å². The van der Waals surface area contributed by atoms with E-state index in [0.29, 0.717) is 16.6 Å². The summed E-state index contributed by atoms with van der Waals surface area (Å²) in [5.41, 5.74) is -1.51. The third-order valence-electron chi connectivity index (χ3n) is 3.76. The van der Waals surface area contributed by atoms with Crippen LogP contribution in [0.2, 0.25) is 0 Å². The molecule has 1 aromatic rings. The number of hydrogen-bond donors (Lipinski definition) is 2. The summed E-state index contributed by atoms with van der Waals surface area (Å²) in [7, 11) is 1.24. The van der Waals surface area contributed by atoms with Crippen LogP contribution >= 0.6 is 0 Å². The molecule has 0 radical (unpaired) electrons. The maximum Gasteiger partial charge on any atom is 0.284 e. The lowest BCUT2D eigenvalue weighted by Gasteiger charge is -2.37. The molecule has 23 heavy (non-hydrogen) atoms. The number of carbonyl (C=O) groups excluding carboxylic acids is 1. The molecule has 0 bridgehead atoms. The molecular weight excluding hydrogens is 296 g/mol. The van der Waals surface area contributed by atoms with E-state index in [1.54, 1.807) is 24.3 Å². The zero-order valence-electron chi connectivity index (χ0n) is 14.0. The molecule has 1 unspecified atom stereocenters. The molecule has 2 rings (SSSR count). The van der Waals surface area contributed by atoms with Crippen molar-refractivity contribution in [1.29, 1.82) is 5.41 Å². The summed E-state index contributed by atoms with van der Waals surface area (Å²) in [4.78, 5) is 18.0. The normalized spacial score (nSPS) is 21.8. The highest BCUT2D eigenvalue weighted by molar-refractivity contribution is 6.37. The molecule has 1 aromatic carbocycles. The average molecular weight is 318 g/mol. The van der Waals surface area contributed by atoms with Crippen molar-refractivity contribution in [3.63, 3.8) is 0 Å². The van der Waals surface area contributed by atoms with Gasteiger partial charge < -0.3 is 5.41 Å². The summed E-state index contributed by atoms with van der Waals surface area (Å²) in [6.07, 6.45) is 0. The van der Waals surface area contributed by atoms with E-state index in [4.69, 9.17) is 10.2 Å². The van der Waals surface area contributed by atoms with E-state index in [-0.39, 0.29) is 5.71 Å². The second kappa shape index (κ2) is 5.84. The third kappa shape index (κ3) is 2.56. The molecule has 0 fully saturated rings. The highest BCUT2D eigenvalue weighted by Gasteiger charge is 2.61. The van der Waals surface area contributed by atoms with Crippen LogP contribution in [0.3, 0.4) is 0 Å². The second-order valence-corrected chi connectivity index (χ2v) is 6.44. The molecule has 124 valence electrons. The zero-order chi connectivity index (χ0) is 17.4. The van der Waals surface area contributed by atoms with Gasteiger partial charge >= 0.3 is 0 Å². The molecule has 1 aliphatic heterocycles. The topological polar surface area (TPSA) is 89.2 Å². The number of amides is 1. The van der Waals surface area contributed by atoms with E-state index in [0.717, 1.165) is 0 Å². The Morgan fingerprint density at radius 1 is 1.35 bits per heavy atom. The Kier molecular flexibility index (Phi) is 4.39. The van der Waals surface area contributed by atoms with Crippen LogP contribution in [0.1, 0.15) is 27.7 Å². The van der Waals surface area contributed by atoms with E-state index in [1.165, 1.54) is 19.0 Å². The number of hydroxylamine groups is 2. The van der Waals surface area contributed by atoms with Crippen molar-refractivity contribution in [3.05, 3.63) is 30.3 Å². The number of nitrogens with zero attached hydrogens (tertiary/aromatic N) is 3. The van der Waals surface area contributed by atoms with Gasteiger partial charge in [-0.2, -0.15) is 10.1 Å². The molecule has 0 aliphatic carbocycles. The molecule has 1 aliphatic rings. The van der Waals surface area contributed by atoms with Gasteiger partial charge in [-0.3, -0.25) is 14.8 Å². The maximum atomic E-state index is 13.1. The van der Waals surface area contributed by atoms with Gasteiger partial charge in [-0.15, -0.1) is 0 Å². The molecule has 0 saturated heterocycles. The van der Waals surface area contributed by atoms with Crippen LogP contribution < -0.4 is 5.01 Å². The SMILES string of the molecule is CON(O)C1(C(C)=N)C(=O)N(c2ccccc2)N=C1C(C)(C)C. The van der Waals surface area contributed by atoms with Crippen LogP contribution in [0.25, 0.3) is 0 Å². The van der Waals surface area contributed by atoms with E-state index in [2.05, 4.69) is 5.10 Å². The summed E-state index contributed by atoms with van der Waals surface area (Å²) < 4.78 is 0. The van der Waals surface area contributed by atoms with E-state index < -0.39 is 16.9 Å². The molecule has 1 amide bonds. The van der Waals surface area contributed by atoms with Gasteiger partial charge in [-0.05, 0) is 24.3 Å². The quantitative estimate of drug-likeness (QED) is 0.659. The Morgan fingerprint density at radius 2 is 1.91 bits per heavy atom. The van der Waals surface area contributed by atoms with Crippen molar-refractivity contribution in [2.75, 3.05) is 12.1 Å². The van der Waals surface area contributed by atoms with Gasteiger partial charge in [0.25, 0.3) is 5.91 Å². The first-order valence-corrected chi connectivity index (χ1v) is 7.25. The highest BCUT2D eigenvalue weighted by atomic mass is 16.9. The van der Waals surface area contributed by atoms with Crippen molar-refractivity contribution in [2.24, 2.45) is 10.5 Å². The van der Waals surface area contributed by atoms with Gasteiger partial charge in [0, 0.05) is 11.1 Å². The number of hydrogen-bond acceptors (Lipinski definition) is 6. The fourth-order valence-corrected chi connectivity index (χ4v) is 2.70. The third-order valence-corrected chi connectivity index (χ3v) is 3.76. The molecule has 0 aromatic heterocycles. The molecule has 1 heterocycles. The van der Waals surface area contributed by atoms with Crippen molar-refractivity contribution in [1.82, 2.24) is 5.23 Å². The van der Waals surface area contributed by atoms with Crippen LogP contribution in [0.15, 0.2) is 35.4 Å². The second-order valence-electron chi connectivity index (χ2n) is 6.44. The molecule has 7 nitrogen and oxygen atoms in total. The molecule has 2 N–H and O–H groups in total. The smallest absolute Gasteiger partial charge is 0.284 e. The van der Waals surface area contributed by atoms with Crippen molar-refractivity contribution >= 4 is 23.0 Å². The first-order valence-electron chi connectivity index (χ1n) is 7.25. The van der Waals surface area contributed by atoms with Crippen LogP contribution in [-0.2, 0) is 9.63 Å². The Morgan fingerprint density at radius 3 is 2.35 bits per heavy atom. The minimum atomic E-state index is -1.77. The Balaban J connectivity index is 2.69. The number of nitrogens with one attached hydrogen (secondary N) is 1. The number of hydrazone groups is 1. The fourth-order valence-electron chi connectivity index (χ4n) is 2.70. The van der Waals surface area contributed by atoms with Gasteiger partial charge in [0.2, 0.25) is 5.54 Å². The minimum Gasteiger partial charge on any atom is -0.307 e. The van der Waals surface area contributed by atoms with E-state index >= 15 is 0 Å². The summed E-state index contributed by atoms with van der Waals surface area (Å²) in [5.74, 6) is -0.550. The lowest BCUT2D eigenvalue weighted by atomic mass is 9.75. The lowest BCUT2D eigenvalue weighted by Crippen LogP contribution is -2.64. The maximum absolute atomic E-state index is 13.1. The number of benzene rings is 1. The first kappa shape index (κ1) is 17.3. The largest absolute Gasteiger partial charge is 0.307 e. The molecule has 7 heteroatoms. The first-order chi connectivity index (χ1) is 10.7. The predicted molar refractivity (Wildman–Crippen MR) is 87.6 cm³/mol. The van der Waals surface area contributed by atoms with Gasteiger partial charge in [0.15, 0.2) is 0 Å². The standard InChI is InChI=1S/C16H22N4O3/c1-11(17)16(20(22)23-5)13(15(2,3)4)18-19(14(16)21)12-9-7-6-8-10-12/h6-10,17,22H,1-5H3. The van der Waals surface area contributed by atoms with Crippen molar-refractivity contribution in [3.8, 4) is 0 Å². The average Bonchev–Trinajstić information content (AvgIpc) is 2.82. The summed E-state index contributed by atoms with van der Waals surface area (Å²) in [6, 6.07) is 8.90. The number of anilines is 1. The number of para-hydroxylation sites is 1. The number of carbonyl (C=O) groups is 1. The van der Waals surface area contributed by atoms with Crippen molar-refractivity contribution in [2.45, 2.75) is 33.2 Å². The molecule has 1 atom stereocenters. The Bertz CT molecular complexity index is 651. The van der Waals surface area contributed by atoms with E-state index in [9.17, 15) is 10.0 Å². The summed E-state index contributed by atoms with van der Waals surface area (Å²) in [6.45, 7) is 7.06. The van der Waals surface area contributed by atoms with Crippen LogP contribution in [0.4, 0.5) is 5.69 Å². The molecule has 0 spiro atoms.